The first-order chi connectivity index (χ1) is 8.61. The van der Waals surface area contributed by atoms with Gasteiger partial charge in [0.05, 0.1) is 12.8 Å². The summed E-state index contributed by atoms with van der Waals surface area (Å²) in [6, 6.07) is 7.37. The Bertz CT molecular complexity index is 626. The average Bonchev–Trinajstić information content (AvgIpc) is 2.60. The maximum atomic E-state index is 12.2. The molecule has 0 atom stereocenters. The molecular formula is C13H17N3O2. The quantitative estimate of drug-likeness (QED) is 0.890. The van der Waals surface area contributed by atoms with Crippen molar-refractivity contribution in [1.29, 1.82) is 0 Å². The number of nitrogens with zero attached hydrogens (tertiary/aromatic N) is 2. The molecular weight excluding hydrogens is 230 g/mol. The first-order valence-electron chi connectivity index (χ1n) is 5.81. The molecule has 0 fully saturated rings. The maximum absolute atomic E-state index is 12.2. The molecule has 0 aliphatic carbocycles. The van der Waals surface area contributed by atoms with E-state index < -0.39 is 0 Å². The van der Waals surface area contributed by atoms with Crippen LogP contribution in [0.5, 0.6) is 5.75 Å². The number of para-hydroxylation sites is 2. The van der Waals surface area contributed by atoms with Crippen LogP contribution in [0.4, 0.5) is 5.69 Å². The van der Waals surface area contributed by atoms with Gasteiger partial charge in [0.2, 0.25) is 0 Å². The van der Waals surface area contributed by atoms with E-state index in [1.165, 1.54) is 4.68 Å². The van der Waals surface area contributed by atoms with Crippen molar-refractivity contribution in [1.82, 2.24) is 9.36 Å². The molecule has 0 amide bonds. The molecule has 0 aliphatic rings. The van der Waals surface area contributed by atoms with E-state index in [1.54, 1.807) is 11.8 Å². The average molecular weight is 247 g/mol. The van der Waals surface area contributed by atoms with Crippen LogP contribution in [0.1, 0.15) is 12.6 Å². The fourth-order valence-corrected chi connectivity index (χ4v) is 2.16. The molecule has 0 spiro atoms. The van der Waals surface area contributed by atoms with Crippen molar-refractivity contribution in [2.24, 2.45) is 7.05 Å². The van der Waals surface area contributed by atoms with Crippen LogP contribution in [0.15, 0.2) is 29.1 Å². The monoisotopic (exact) mass is 247 g/mol. The lowest BCUT2D eigenvalue weighted by molar-refractivity contribution is 0.408. The number of hydrogen-bond acceptors (Lipinski definition) is 3. The van der Waals surface area contributed by atoms with E-state index >= 15 is 0 Å². The fraction of sp³-hybridized carbons (Fsp3) is 0.308. The highest BCUT2D eigenvalue weighted by Gasteiger charge is 2.17. The lowest BCUT2D eigenvalue weighted by Gasteiger charge is -2.12. The van der Waals surface area contributed by atoms with E-state index in [1.807, 2.05) is 38.2 Å². The number of methoxy groups -OCH3 is 1. The van der Waals surface area contributed by atoms with Crippen LogP contribution in [0.25, 0.3) is 5.69 Å². The second-order valence-electron chi connectivity index (χ2n) is 4.03. The minimum absolute atomic E-state index is 0.209. The van der Waals surface area contributed by atoms with Gasteiger partial charge in [0, 0.05) is 7.05 Å². The van der Waals surface area contributed by atoms with E-state index in [9.17, 15) is 4.79 Å². The normalized spacial score (nSPS) is 10.6. The molecule has 5 nitrogen and oxygen atoms in total. The Morgan fingerprint density at radius 2 is 2.00 bits per heavy atom. The number of nitrogen functional groups attached to an aromatic ring is 1. The predicted molar refractivity (Wildman–Crippen MR) is 71.4 cm³/mol. The van der Waals surface area contributed by atoms with Gasteiger partial charge in [-0.2, -0.15) is 0 Å². The van der Waals surface area contributed by atoms with Crippen molar-refractivity contribution in [2.45, 2.75) is 13.3 Å². The standard InChI is InChI=1S/C13H17N3O2/c1-4-9-12(14)13(17)16(15(9)2)10-7-5-6-8-11(10)18-3/h5-8H,4,14H2,1-3H3. The van der Waals surface area contributed by atoms with Gasteiger partial charge < -0.3 is 10.5 Å². The van der Waals surface area contributed by atoms with Crippen molar-refractivity contribution < 1.29 is 4.74 Å². The molecule has 0 bridgehead atoms. The lowest BCUT2D eigenvalue weighted by atomic mass is 10.3. The number of ether oxygens (including phenoxy) is 1. The highest BCUT2D eigenvalue weighted by molar-refractivity contribution is 5.50. The SMILES string of the molecule is CCc1c(N)c(=O)n(-c2ccccc2OC)n1C. The molecule has 96 valence electrons. The highest BCUT2D eigenvalue weighted by atomic mass is 16.5. The zero-order valence-corrected chi connectivity index (χ0v) is 10.8. The molecule has 1 heterocycles. The Hall–Kier alpha value is -2.17. The van der Waals surface area contributed by atoms with Crippen LogP contribution in [0.2, 0.25) is 0 Å². The lowest BCUT2D eigenvalue weighted by Crippen LogP contribution is -2.21. The summed E-state index contributed by atoms with van der Waals surface area (Å²) in [6.45, 7) is 1.97. The van der Waals surface area contributed by atoms with Gasteiger partial charge in [-0.05, 0) is 18.6 Å². The number of rotatable bonds is 3. The molecule has 1 aromatic heterocycles. The van der Waals surface area contributed by atoms with Crippen LogP contribution in [0, 0.1) is 0 Å². The molecule has 0 unspecified atom stereocenters. The third-order valence-corrected chi connectivity index (χ3v) is 3.07. The van der Waals surface area contributed by atoms with Crippen LogP contribution in [0.3, 0.4) is 0 Å². The number of nitrogens with two attached hydrogens (primary N) is 1. The Balaban J connectivity index is 2.76. The number of benzene rings is 1. The van der Waals surface area contributed by atoms with Gasteiger partial charge in [0.25, 0.3) is 5.56 Å². The van der Waals surface area contributed by atoms with Gasteiger partial charge in [0.15, 0.2) is 0 Å². The van der Waals surface area contributed by atoms with Gasteiger partial charge in [0.1, 0.15) is 17.1 Å². The third-order valence-electron chi connectivity index (χ3n) is 3.07. The Labute approximate surface area is 105 Å². The van der Waals surface area contributed by atoms with Crippen LogP contribution in [-0.4, -0.2) is 16.5 Å². The zero-order chi connectivity index (χ0) is 13.3. The number of hydrogen-bond donors (Lipinski definition) is 1. The molecule has 2 aromatic rings. The predicted octanol–water partition coefficient (Wildman–Crippen LogP) is 1.33. The van der Waals surface area contributed by atoms with Gasteiger partial charge in [-0.25, -0.2) is 4.68 Å². The smallest absolute Gasteiger partial charge is 0.294 e. The van der Waals surface area contributed by atoms with Gasteiger partial charge in [-0.3, -0.25) is 9.48 Å². The first kappa shape index (κ1) is 12.3. The minimum Gasteiger partial charge on any atom is -0.494 e. The number of aromatic nitrogens is 2. The summed E-state index contributed by atoms with van der Waals surface area (Å²) in [5.74, 6) is 0.642. The zero-order valence-electron chi connectivity index (χ0n) is 10.8. The molecule has 0 aliphatic heterocycles. The van der Waals surface area contributed by atoms with Crippen LogP contribution < -0.4 is 16.0 Å². The largest absolute Gasteiger partial charge is 0.494 e. The number of anilines is 1. The van der Waals surface area contributed by atoms with E-state index in [2.05, 4.69) is 0 Å². The Morgan fingerprint density at radius 3 is 2.56 bits per heavy atom. The Kier molecular flexibility index (Phi) is 3.14. The molecule has 2 rings (SSSR count). The summed E-state index contributed by atoms with van der Waals surface area (Å²) in [6.07, 6.45) is 0.708. The second kappa shape index (κ2) is 4.60. The summed E-state index contributed by atoms with van der Waals surface area (Å²) in [7, 11) is 3.40. The molecule has 0 saturated heterocycles. The van der Waals surface area contributed by atoms with E-state index in [0.29, 0.717) is 23.5 Å². The molecule has 0 saturated carbocycles. The molecule has 18 heavy (non-hydrogen) atoms. The summed E-state index contributed by atoms with van der Waals surface area (Å²) in [5, 5.41) is 0. The van der Waals surface area contributed by atoms with E-state index in [-0.39, 0.29) is 5.56 Å². The third kappa shape index (κ3) is 1.68. The van der Waals surface area contributed by atoms with Crippen molar-refractivity contribution in [3.8, 4) is 11.4 Å². The molecule has 0 radical (unpaired) electrons. The van der Waals surface area contributed by atoms with Crippen molar-refractivity contribution in [2.75, 3.05) is 12.8 Å². The maximum Gasteiger partial charge on any atom is 0.294 e. The van der Waals surface area contributed by atoms with Gasteiger partial charge >= 0.3 is 0 Å². The second-order valence-corrected chi connectivity index (χ2v) is 4.03. The Morgan fingerprint density at radius 1 is 1.33 bits per heavy atom. The topological polar surface area (TPSA) is 62.2 Å². The molecule has 1 aromatic carbocycles. The summed E-state index contributed by atoms with van der Waals surface area (Å²) < 4.78 is 8.59. The highest BCUT2D eigenvalue weighted by Crippen LogP contribution is 2.22. The summed E-state index contributed by atoms with van der Waals surface area (Å²) >= 11 is 0. The van der Waals surface area contributed by atoms with Crippen LogP contribution >= 0.6 is 0 Å². The van der Waals surface area contributed by atoms with Crippen molar-refractivity contribution in [3.05, 3.63) is 40.3 Å². The van der Waals surface area contributed by atoms with Crippen LogP contribution in [-0.2, 0) is 13.5 Å². The minimum atomic E-state index is -0.209. The summed E-state index contributed by atoms with van der Waals surface area (Å²) in [5.41, 5.74) is 7.45. The molecule has 2 N–H and O–H groups in total. The fourth-order valence-electron chi connectivity index (χ4n) is 2.16. The summed E-state index contributed by atoms with van der Waals surface area (Å²) in [4.78, 5) is 12.2. The van der Waals surface area contributed by atoms with Crippen molar-refractivity contribution in [3.63, 3.8) is 0 Å². The molecule has 5 heteroatoms. The van der Waals surface area contributed by atoms with Gasteiger partial charge in [-0.15, -0.1) is 0 Å². The van der Waals surface area contributed by atoms with E-state index in [4.69, 9.17) is 10.5 Å². The van der Waals surface area contributed by atoms with E-state index in [0.717, 1.165) is 5.69 Å². The van der Waals surface area contributed by atoms with Crippen molar-refractivity contribution >= 4 is 5.69 Å². The first-order valence-corrected chi connectivity index (χ1v) is 5.81. The van der Waals surface area contributed by atoms with Gasteiger partial charge in [-0.1, -0.05) is 19.1 Å².